The Morgan fingerprint density at radius 2 is 2.39 bits per heavy atom. The average Bonchev–Trinajstić information content (AvgIpc) is 2.70. The van der Waals surface area contributed by atoms with Gasteiger partial charge in [-0.3, -0.25) is 4.79 Å². The number of hydrogen-bond donors (Lipinski definition) is 0. The maximum Gasteiger partial charge on any atom is 0.305 e. The summed E-state index contributed by atoms with van der Waals surface area (Å²) >= 11 is 0. The number of nitrogens with zero attached hydrogens (tertiary/aromatic N) is 2. The zero-order valence-electron chi connectivity index (χ0n) is 10.1. The van der Waals surface area contributed by atoms with E-state index in [1.54, 1.807) is 25.1 Å². The van der Waals surface area contributed by atoms with Crippen molar-refractivity contribution in [3.8, 4) is 6.07 Å². The summed E-state index contributed by atoms with van der Waals surface area (Å²) in [6, 6.07) is 9.11. The van der Waals surface area contributed by atoms with E-state index in [1.165, 1.54) is 6.92 Å². The molecule has 1 unspecified atom stereocenters. The number of hydrogen-bond acceptors (Lipinski definition) is 5. The monoisotopic (exact) mass is 244 g/mol. The van der Waals surface area contributed by atoms with Crippen LogP contribution in [0.4, 0.5) is 0 Å². The minimum atomic E-state index is -1.05. The van der Waals surface area contributed by atoms with E-state index in [-0.39, 0.29) is 0 Å². The lowest BCUT2D eigenvalue weighted by Crippen LogP contribution is -2.30. The fourth-order valence-electron chi connectivity index (χ4n) is 1.80. The average molecular weight is 244 g/mol. The fraction of sp³-hybridized carbons (Fsp3) is 0.308. The molecule has 0 bridgehead atoms. The molecule has 0 N–H and O–H groups in total. The van der Waals surface area contributed by atoms with Crippen LogP contribution in [0.2, 0.25) is 0 Å². The van der Waals surface area contributed by atoms with Crippen LogP contribution in [-0.2, 0) is 14.4 Å². The number of benzene rings is 1. The molecule has 1 aromatic rings. The largest absolute Gasteiger partial charge is 0.420 e. The van der Waals surface area contributed by atoms with Crippen LogP contribution in [-0.4, -0.2) is 17.5 Å². The molecule has 18 heavy (non-hydrogen) atoms. The van der Waals surface area contributed by atoms with Crippen LogP contribution in [0, 0.1) is 11.3 Å². The lowest BCUT2D eigenvalue weighted by atomic mass is 10.0. The van der Waals surface area contributed by atoms with E-state index in [0.717, 1.165) is 5.56 Å². The molecule has 5 nitrogen and oxygen atoms in total. The van der Waals surface area contributed by atoms with Gasteiger partial charge in [-0.25, -0.2) is 0 Å². The Labute approximate surface area is 105 Å². The lowest BCUT2D eigenvalue weighted by molar-refractivity contribution is -0.210. The first-order valence-electron chi connectivity index (χ1n) is 5.47. The molecule has 0 spiro atoms. The highest BCUT2D eigenvalue weighted by Crippen LogP contribution is 2.27. The molecule has 0 fully saturated rings. The SMILES string of the molecule is CC(=O)OC1(C)CC(c2cccc(C#N)c2)=NO1. The molecule has 1 atom stereocenters. The molecule has 0 aromatic heterocycles. The van der Waals surface area contributed by atoms with Gasteiger partial charge in [-0.1, -0.05) is 17.3 Å². The van der Waals surface area contributed by atoms with E-state index in [2.05, 4.69) is 11.2 Å². The van der Waals surface area contributed by atoms with E-state index in [9.17, 15) is 4.79 Å². The van der Waals surface area contributed by atoms with E-state index < -0.39 is 11.8 Å². The van der Waals surface area contributed by atoms with E-state index >= 15 is 0 Å². The van der Waals surface area contributed by atoms with E-state index in [1.807, 2.05) is 6.07 Å². The van der Waals surface area contributed by atoms with Gasteiger partial charge in [-0.2, -0.15) is 5.26 Å². The van der Waals surface area contributed by atoms with Gasteiger partial charge < -0.3 is 9.57 Å². The highest BCUT2D eigenvalue weighted by atomic mass is 16.8. The number of ether oxygens (including phenoxy) is 1. The molecule has 1 aliphatic rings. The van der Waals surface area contributed by atoms with E-state index in [4.69, 9.17) is 14.8 Å². The molecule has 0 radical (unpaired) electrons. The van der Waals surface area contributed by atoms with Crippen LogP contribution in [0.15, 0.2) is 29.4 Å². The van der Waals surface area contributed by atoms with Crippen LogP contribution >= 0.6 is 0 Å². The van der Waals surface area contributed by atoms with Gasteiger partial charge in [0.15, 0.2) is 0 Å². The fourth-order valence-corrected chi connectivity index (χ4v) is 1.80. The highest BCUT2D eigenvalue weighted by molar-refractivity contribution is 6.01. The second kappa shape index (κ2) is 4.49. The molecule has 2 rings (SSSR count). The first kappa shape index (κ1) is 12.1. The van der Waals surface area contributed by atoms with Gasteiger partial charge in [0, 0.05) is 19.4 Å². The number of oxime groups is 1. The van der Waals surface area contributed by atoms with Crippen molar-refractivity contribution in [1.29, 1.82) is 5.26 Å². The molecule has 1 aliphatic heterocycles. The third-order valence-electron chi connectivity index (χ3n) is 2.52. The normalized spacial score (nSPS) is 21.7. The quantitative estimate of drug-likeness (QED) is 0.745. The first-order valence-corrected chi connectivity index (χ1v) is 5.47. The van der Waals surface area contributed by atoms with Crippen molar-refractivity contribution in [3.05, 3.63) is 35.4 Å². The standard InChI is InChI=1S/C13H12N2O3/c1-9(16)17-13(2)7-12(15-18-13)11-5-3-4-10(6-11)8-14/h3-6H,7H2,1-2H3. The Hall–Kier alpha value is -2.35. The van der Waals surface area contributed by atoms with Crippen LogP contribution in [0.25, 0.3) is 0 Å². The number of carbonyl (C=O) groups is 1. The first-order chi connectivity index (χ1) is 8.52. The van der Waals surface area contributed by atoms with Crippen molar-refractivity contribution in [3.63, 3.8) is 0 Å². The van der Waals surface area contributed by atoms with E-state index in [0.29, 0.717) is 17.7 Å². The summed E-state index contributed by atoms with van der Waals surface area (Å²) in [6.45, 7) is 2.97. The molecule has 0 amide bonds. The van der Waals surface area contributed by atoms with Crippen LogP contribution in [0.3, 0.4) is 0 Å². The Kier molecular flexibility index (Phi) is 3.02. The van der Waals surface area contributed by atoms with Gasteiger partial charge in [0.05, 0.1) is 23.8 Å². The summed E-state index contributed by atoms with van der Waals surface area (Å²) < 4.78 is 5.07. The van der Waals surface area contributed by atoms with Crippen molar-refractivity contribution in [2.75, 3.05) is 0 Å². The molecule has 0 aliphatic carbocycles. The van der Waals surface area contributed by atoms with Crippen molar-refractivity contribution in [2.24, 2.45) is 5.16 Å². The smallest absolute Gasteiger partial charge is 0.305 e. The Morgan fingerprint density at radius 3 is 3.06 bits per heavy atom. The summed E-state index contributed by atoms with van der Waals surface area (Å²) in [5, 5.41) is 12.8. The lowest BCUT2D eigenvalue weighted by Gasteiger charge is -2.20. The number of carbonyl (C=O) groups excluding carboxylic acids is 1. The van der Waals surface area contributed by atoms with Crippen molar-refractivity contribution < 1.29 is 14.4 Å². The van der Waals surface area contributed by atoms with Gasteiger partial charge in [0.1, 0.15) is 0 Å². The topological polar surface area (TPSA) is 71.7 Å². The van der Waals surface area contributed by atoms with Gasteiger partial charge in [-0.15, -0.1) is 0 Å². The minimum absolute atomic E-state index is 0.363. The number of rotatable bonds is 2. The number of nitriles is 1. The Balaban J connectivity index is 2.17. The third-order valence-corrected chi connectivity index (χ3v) is 2.52. The molecule has 0 saturated carbocycles. The van der Waals surface area contributed by atoms with Crippen LogP contribution in [0.5, 0.6) is 0 Å². The van der Waals surface area contributed by atoms with Gasteiger partial charge in [-0.05, 0) is 12.1 Å². The second-order valence-corrected chi connectivity index (χ2v) is 4.23. The summed E-state index contributed by atoms with van der Waals surface area (Å²) in [6.07, 6.45) is 0.363. The third kappa shape index (κ3) is 2.48. The Morgan fingerprint density at radius 1 is 1.61 bits per heavy atom. The molecule has 5 heteroatoms. The van der Waals surface area contributed by atoms with Crippen molar-refractivity contribution >= 4 is 11.7 Å². The van der Waals surface area contributed by atoms with Crippen LogP contribution < -0.4 is 0 Å². The molecule has 0 saturated heterocycles. The maximum absolute atomic E-state index is 11.0. The molecule has 92 valence electrons. The van der Waals surface area contributed by atoms with Crippen molar-refractivity contribution in [2.45, 2.75) is 26.1 Å². The molecule has 1 heterocycles. The molecule has 1 aromatic carbocycles. The van der Waals surface area contributed by atoms with Crippen molar-refractivity contribution in [1.82, 2.24) is 0 Å². The van der Waals surface area contributed by atoms with Crippen LogP contribution in [0.1, 0.15) is 31.4 Å². The zero-order chi connectivity index (χ0) is 13.2. The number of esters is 1. The zero-order valence-corrected chi connectivity index (χ0v) is 10.1. The summed E-state index contributed by atoms with van der Waals surface area (Å²) in [5.41, 5.74) is 2.01. The molecular weight excluding hydrogens is 232 g/mol. The van der Waals surface area contributed by atoms with Gasteiger partial charge in [0.25, 0.3) is 5.79 Å². The summed E-state index contributed by atoms with van der Waals surface area (Å²) in [5.74, 6) is -1.47. The summed E-state index contributed by atoms with van der Waals surface area (Å²) in [4.78, 5) is 16.1. The highest BCUT2D eigenvalue weighted by Gasteiger charge is 2.37. The molecular formula is C13H12N2O3. The predicted molar refractivity (Wildman–Crippen MR) is 63.6 cm³/mol. The predicted octanol–water partition coefficient (Wildman–Crippen LogP) is 1.96. The minimum Gasteiger partial charge on any atom is -0.420 e. The second-order valence-electron chi connectivity index (χ2n) is 4.23. The maximum atomic E-state index is 11.0. The Bertz CT molecular complexity index is 560. The summed E-state index contributed by atoms with van der Waals surface area (Å²) in [7, 11) is 0. The van der Waals surface area contributed by atoms with Gasteiger partial charge >= 0.3 is 5.97 Å². The van der Waals surface area contributed by atoms with Gasteiger partial charge in [0.2, 0.25) is 0 Å².